The third kappa shape index (κ3) is 4.29. The second-order valence-corrected chi connectivity index (χ2v) is 10.1. The number of ketones is 2. The normalized spacial score (nSPS) is 24.3. The van der Waals surface area contributed by atoms with Gasteiger partial charge in [-0.2, -0.15) is 0 Å². The van der Waals surface area contributed by atoms with E-state index in [1.165, 1.54) is 6.07 Å². The molecule has 35 heavy (non-hydrogen) atoms. The van der Waals surface area contributed by atoms with Gasteiger partial charge in [-0.1, -0.05) is 5.16 Å². The predicted octanol–water partition coefficient (Wildman–Crippen LogP) is 2.52. The van der Waals surface area contributed by atoms with Crippen molar-refractivity contribution >= 4 is 28.9 Å². The van der Waals surface area contributed by atoms with Crippen LogP contribution in [0.3, 0.4) is 0 Å². The van der Waals surface area contributed by atoms with Gasteiger partial charge in [-0.3, -0.25) is 14.4 Å². The smallest absolute Gasteiger partial charge is 0.255 e. The zero-order valence-electron chi connectivity index (χ0n) is 20.0. The summed E-state index contributed by atoms with van der Waals surface area (Å²) in [6.45, 7) is 7.34. The van der Waals surface area contributed by atoms with Gasteiger partial charge < -0.3 is 31.4 Å². The largest absolute Gasteiger partial charge is 0.511 e. The number of hydrogen-bond donors (Lipinski definition) is 4. The summed E-state index contributed by atoms with van der Waals surface area (Å²) in [5.41, 5.74) is 6.22. The molecule has 7 N–H and O–H groups in total. The van der Waals surface area contributed by atoms with Crippen LogP contribution in [0.2, 0.25) is 0 Å². The molecular formula is C25H34N2O8. The number of phenols is 1. The average Bonchev–Trinajstić information content (AvgIpc) is 2.70. The van der Waals surface area contributed by atoms with Gasteiger partial charge in [0.15, 0.2) is 11.6 Å². The van der Waals surface area contributed by atoms with E-state index in [0.717, 1.165) is 0 Å². The Hall–Kier alpha value is -3.66. The van der Waals surface area contributed by atoms with Crippen molar-refractivity contribution < 1.29 is 42.9 Å². The molecule has 10 heteroatoms. The van der Waals surface area contributed by atoms with E-state index in [-0.39, 0.29) is 37.4 Å². The molecule has 1 amide bonds. The lowest BCUT2D eigenvalue weighted by Gasteiger charge is -2.41. The number of allylic oxidation sites excluding steroid dienone is 2. The van der Waals surface area contributed by atoms with Crippen LogP contribution >= 0.6 is 0 Å². The number of carbonyl (C=O) groups is 3. The Morgan fingerprint density at radius 3 is 2.43 bits per heavy atom. The van der Waals surface area contributed by atoms with E-state index < -0.39 is 52.2 Å². The van der Waals surface area contributed by atoms with E-state index in [4.69, 9.17) is 10.6 Å². The van der Waals surface area contributed by atoms with Crippen molar-refractivity contribution in [1.29, 1.82) is 0 Å². The van der Waals surface area contributed by atoms with E-state index in [0.29, 0.717) is 29.7 Å². The number of phenolic OH excluding ortho intramolecular Hbond substituents is 1. The van der Waals surface area contributed by atoms with E-state index in [1.54, 1.807) is 13.0 Å². The maximum absolute atomic E-state index is 13.4. The van der Waals surface area contributed by atoms with Crippen LogP contribution in [-0.4, -0.2) is 49.6 Å². The van der Waals surface area contributed by atoms with Crippen LogP contribution in [0.4, 0.5) is 0 Å². The summed E-state index contributed by atoms with van der Waals surface area (Å²) in [5.74, 6) is -5.54. The first-order valence-electron chi connectivity index (χ1n) is 11.1. The van der Waals surface area contributed by atoms with E-state index in [1.807, 2.05) is 20.8 Å². The number of benzene rings is 1. The lowest BCUT2D eigenvalue weighted by Crippen LogP contribution is -2.44. The van der Waals surface area contributed by atoms with Gasteiger partial charge in [-0.15, -0.1) is 0 Å². The van der Waals surface area contributed by atoms with Crippen LogP contribution < -0.4 is 5.73 Å². The first kappa shape index (κ1) is 26.0. The van der Waals surface area contributed by atoms with Gasteiger partial charge >= 0.3 is 0 Å². The minimum atomic E-state index is -1.14. The first-order valence-corrected chi connectivity index (χ1v) is 11.1. The second-order valence-electron chi connectivity index (χ2n) is 10.1. The molecule has 3 unspecified atom stereocenters. The molecule has 0 spiro atoms. The molecule has 10 nitrogen and oxygen atoms in total. The zero-order chi connectivity index (χ0) is 25.1. The number of fused-ring (bicyclic) bond motifs is 3. The summed E-state index contributed by atoms with van der Waals surface area (Å²) in [4.78, 5) is 43.1. The molecule has 0 heterocycles. The van der Waals surface area contributed by atoms with Gasteiger partial charge in [0, 0.05) is 20.4 Å². The van der Waals surface area contributed by atoms with E-state index in [2.05, 4.69) is 5.16 Å². The van der Waals surface area contributed by atoms with Gasteiger partial charge in [0.1, 0.15) is 28.4 Å². The molecule has 3 atom stereocenters. The molecule has 3 aliphatic rings. The highest BCUT2D eigenvalue weighted by molar-refractivity contribution is 6.21. The summed E-state index contributed by atoms with van der Waals surface area (Å²) in [6, 6.07) is 3.10. The lowest BCUT2D eigenvalue weighted by molar-refractivity contribution is -0.127. The quantitative estimate of drug-likeness (QED) is 0.284. The first-order chi connectivity index (χ1) is 15.8. The van der Waals surface area contributed by atoms with Gasteiger partial charge in [-0.25, -0.2) is 0 Å². The van der Waals surface area contributed by atoms with Crippen molar-refractivity contribution in [3.8, 4) is 5.75 Å². The van der Waals surface area contributed by atoms with Crippen LogP contribution in [0.1, 0.15) is 60.1 Å². The number of primary amides is 1. The van der Waals surface area contributed by atoms with Crippen LogP contribution in [-0.2, 0) is 25.6 Å². The van der Waals surface area contributed by atoms with Crippen molar-refractivity contribution in [2.75, 3.05) is 0 Å². The Labute approximate surface area is 205 Å². The molecule has 0 aliphatic heterocycles. The van der Waals surface area contributed by atoms with Gasteiger partial charge in [-0.05, 0) is 70.1 Å². The standard InChI is InChI=1S/C25H28N2O7.H2O.2H2/c1-10(27-34-25(2,3)4)13-5-6-15(28)19-14(13)8-11-7-12-9-16(29)20(24(26)33)23(32)18(12)21(30)17(11)22(19)31;;;/h5-6,11-12,18,28,31-32H,7-9H2,1-4H3,(H2,26,33);1H2;2*1H/b27-10+;;;. The van der Waals surface area contributed by atoms with Crippen LogP contribution in [0.15, 0.2) is 34.2 Å². The monoisotopic (exact) mass is 490 g/mol. The number of aliphatic hydroxyl groups is 2. The fourth-order valence-electron chi connectivity index (χ4n) is 5.23. The third-order valence-electron chi connectivity index (χ3n) is 6.62. The van der Waals surface area contributed by atoms with Crippen LogP contribution in [0.25, 0.3) is 5.76 Å². The van der Waals surface area contributed by atoms with Crippen molar-refractivity contribution in [1.82, 2.24) is 0 Å². The number of oxime groups is 1. The van der Waals surface area contributed by atoms with Crippen LogP contribution in [0, 0.1) is 17.8 Å². The Morgan fingerprint density at radius 1 is 1.17 bits per heavy atom. The molecule has 0 aromatic heterocycles. The summed E-state index contributed by atoms with van der Waals surface area (Å²) >= 11 is 0. The Morgan fingerprint density at radius 2 is 1.83 bits per heavy atom. The number of aliphatic hydroxyl groups excluding tert-OH is 2. The van der Waals surface area contributed by atoms with Gasteiger partial charge in [0.25, 0.3) is 5.91 Å². The molecule has 1 saturated carbocycles. The van der Waals surface area contributed by atoms with Crippen molar-refractivity contribution in [2.45, 2.75) is 52.6 Å². The molecule has 1 aromatic carbocycles. The Kier molecular flexibility index (Phi) is 6.56. The van der Waals surface area contributed by atoms with E-state index >= 15 is 0 Å². The topological polar surface area (TPSA) is 191 Å². The molecule has 0 radical (unpaired) electrons. The number of hydrogen-bond acceptors (Lipinski definition) is 8. The highest BCUT2D eigenvalue weighted by Crippen LogP contribution is 2.50. The zero-order valence-corrected chi connectivity index (χ0v) is 20.0. The summed E-state index contributed by atoms with van der Waals surface area (Å²) in [7, 11) is 0. The summed E-state index contributed by atoms with van der Waals surface area (Å²) < 4.78 is 0. The molecule has 0 saturated heterocycles. The predicted molar refractivity (Wildman–Crippen MR) is 131 cm³/mol. The van der Waals surface area contributed by atoms with Crippen molar-refractivity contribution in [3.05, 3.63) is 45.7 Å². The highest BCUT2D eigenvalue weighted by Gasteiger charge is 2.51. The van der Waals surface area contributed by atoms with Gasteiger partial charge in [0.2, 0.25) is 0 Å². The van der Waals surface area contributed by atoms with Crippen molar-refractivity contribution in [2.24, 2.45) is 28.6 Å². The Balaban J connectivity index is 0.00000228. The molecule has 3 aliphatic carbocycles. The van der Waals surface area contributed by atoms with Gasteiger partial charge in [0.05, 0.1) is 17.2 Å². The number of nitrogens with zero attached hydrogens (tertiary/aromatic N) is 1. The minimum absolute atomic E-state index is 0. The van der Waals surface area contributed by atoms with Crippen molar-refractivity contribution in [3.63, 3.8) is 0 Å². The third-order valence-corrected chi connectivity index (χ3v) is 6.62. The molecule has 1 fully saturated rings. The molecule has 192 valence electrons. The average molecular weight is 491 g/mol. The number of Topliss-reactive ketones (excluding diaryl/α,β-unsaturated/α-hetero) is 2. The maximum atomic E-state index is 13.4. The highest BCUT2D eigenvalue weighted by atomic mass is 16.6. The summed E-state index contributed by atoms with van der Waals surface area (Å²) in [5, 5.41) is 36.5. The number of aromatic hydroxyl groups is 1. The molecular weight excluding hydrogens is 456 g/mol. The lowest BCUT2D eigenvalue weighted by atomic mass is 9.61. The number of rotatable bonds is 3. The Bertz CT molecular complexity index is 1230. The number of carbonyl (C=O) groups excluding carboxylic acids is 3. The number of amides is 1. The fourth-order valence-corrected chi connectivity index (χ4v) is 5.23. The molecule has 4 rings (SSSR count). The maximum Gasteiger partial charge on any atom is 0.255 e. The fraction of sp³-hybridized carbons (Fsp3) is 0.440. The molecule has 1 aromatic rings. The van der Waals surface area contributed by atoms with Crippen LogP contribution in [0.5, 0.6) is 5.75 Å². The molecule has 0 bridgehead atoms. The SMILES string of the molecule is C/C(=N\OC(C)(C)C)c1ccc(O)c2c1CC1CC3CC(=O)C(C(N)=O)=C(O)C3C(=O)C1=C2O.O.[HH].[HH]. The minimum Gasteiger partial charge on any atom is -0.511 e. The van der Waals surface area contributed by atoms with E-state index in [9.17, 15) is 29.7 Å². The summed E-state index contributed by atoms with van der Waals surface area (Å²) in [6.07, 6.45) is 0.556. The number of nitrogens with two attached hydrogens (primary N) is 1. The second kappa shape index (κ2) is 8.84.